The fraction of sp³-hybridized carbons (Fsp3) is 0.778. The standard InChI is InChI=1S/2C9H17N/c2*1-9(2)10-7-5-3-4-6-8-10/h3,5,9H,4,6-8H2,1-2H3;3-4,9H,5-8H2,1-2H3. The molecule has 2 aliphatic rings. The minimum atomic E-state index is 0.711. The molecule has 2 aliphatic heterocycles. The first-order chi connectivity index (χ1) is 9.61. The Balaban J connectivity index is 0.000000200. The highest BCUT2D eigenvalue weighted by atomic mass is 15.1. The summed E-state index contributed by atoms with van der Waals surface area (Å²) in [6.07, 6.45) is 14.2. The van der Waals surface area contributed by atoms with Gasteiger partial charge in [0, 0.05) is 31.7 Å². The summed E-state index contributed by atoms with van der Waals surface area (Å²) in [6.45, 7) is 14.0. The second kappa shape index (κ2) is 10.2. The number of nitrogens with zero attached hydrogens (tertiary/aromatic N) is 2. The summed E-state index contributed by atoms with van der Waals surface area (Å²) in [4.78, 5) is 5.03. The first-order valence-electron chi connectivity index (χ1n) is 8.39. The number of hydrogen-bond donors (Lipinski definition) is 0. The first kappa shape index (κ1) is 17.5. The van der Waals surface area contributed by atoms with Crippen LogP contribution >= 0.6 is 0 Å². The molecule has 0 saturated carbocycles. The molecule has 0 unspecified atom stereocenters. The normalized spacial score (nSPS) is 21.5. The molecule has 0 aromatic carbocycles. The molecule has 0 bridgehead atoms. The van der Waals surface area contributed by atoms with Gasteiger partial charge in [-0.2, -0.15) is 0 Å². The smallest absolute Gasteiger partial charge is 0.0165 e. The summed E-state index contributed by atoms with van der Waals surface area (Å²) in [5.41, 5.74) is 0. The van der Waals surface area contributed by atoms with Crippen molar-refractivity contribution in [2.45, 2.75) is 65.5 Å². The number of hydrogen-bond acceptors (Lipinski definition) is 2. The average Bonchev–Trinajstić information content (AvgIpc) is 2.84. The summed E-state index contributed by atoms with van der Waals surface area (Å²) in [5, 5.41) is 0. The average molecular weight is 278 g/mol. The summed E-state index contributed by atoms with van der Waals surface area (Å²) in [6, 6.07) is 1.43. The van der Waals surface area contributed by atoms with E-state index in [1.54, 1.807) is 0 Å². The van der Waals surface area contributed by atoms with E-state index in [2.05, 4.69) is 61.8 Å². The van der Waals surface area contributed by atoms with Crippen LogP contribution in [-0.2, 0) is 0 Å². The molecule has 0 aliphatic carbocycles. The quantitative estimate of drug-likeness (QED) is 0.702. The molecule has 0 spiro atoms. The van der Waals surface area contributed by atoms with Crippen LogP contribution in [-0.4, -0.2) is 48.1 Å². The lowest BCUT2D eigenvalue weighted by Crippen LogP contribution is -2.31. The highest BCUT2D eigenvalue weighted by molar-refractivity contribution is 4.89. The molecule has 0 N–H and O–H groups in total. The molecule has 0 atom stereocenters. The minimum Gasteiger partial charge on any atom is -0.300 e. The maximum absolute atomic E-state index is 2.53. The Morgan fingerprint density at radius 3 is 1.75 bits per heavy atom. The molecule has 0 aromatic heterocycles. The fourth-order valence-corrected chi connectivity index (χ4v) is 2.64. The van der Waals surface area contributed by atoms with Crippen LogP contribution in [0.25, 0.3) is 0 Å². The third-order valence-corrected chi connectivity index (χ3v) is 4.12. The van der Waals surface area contributed by atoms with Crippen LogP contribution in [0.1, 0.15) is 53.4 Å². The molecule has 2 nitrogen and oxygen atoms in total. The summed E-state index contributed by atoms with van der Waals surface area (Å²) < 4.78 is 0. The van der Waals surface area contributed by atoms with Crippen molar-refractivity contribution in [3.63, 3.8) is 0 Å². The van der Waals surface area contributed by atoms with Crippen molar-refractivity contribution in [1.82, 2.24) is 9.80 Å². The molecule has 0 saturated heterocycles. The molecule has 0 aromatic rings. The van der Waals surface area contributed by atoms with Crippen molar-refractivity contribution in [1.29, 1.82) is 0 Å². The Hall–Kier alpha value is -0.600. The number of allylic oxidation sites excluding steroid dienone is 1. The van der Waals surface area contributed by atoms with Gasteiger partial charge in [0.2, 0.25) is 0 Å². The van der Waals surface area contributed by atoms with E-state index >= 15 is 0 Å². The van der Waals surface area contributed by atoms with Crippen LogP contribution in [0, 0.1) is 0 Å². The van der Waals surface area contributed by atoms with E-state index in [9.17, 15) is 0 Å². The van der Waals surface area contributed by atoms with E-state index in [0.717, 1.165) is 12.6 Å². The minimum absolute atomic E-state index is 0.711. The number of rotatable bonds is 2. The largest absolute Gasteiger partial charge is 0.300 e. The SMILES string of the molecule is CC(C)N1CC=CCCC1.CC(C)N1CCC=CCC1. The fourth-order valence-electron chi connectivity index (χ4n) is 2.64. The van der Waals surface area contributed by atoms with Crippen LogP contribution in [0.15, 0.2) is 24.3 Å². The zero-order valence-electron chi connectivity index (χ0n) is 14.0. The maximum atomic E-state index is 2.53. The van der Waals surface area contributed by atoms with E-state index in [1.165, 1.54) is 45.3 Å². The summed E-state index contributed by atoms with van der Waals surface area (Å²) in [7, 11) is 0. The topological polar surface area (TPSA) is 6.48 Å². The van der Waals surface area contributed by atoms with Crippen molar-refractivity contribution >= 4 is 0 Å². The van der Waals surface area contributed by atoms with Gasteiger partial charge in [-0.1, -0.05) is 24.3 Å². The van der Waals surface area contributed by atoms with Crippen LogP contribution in [0.4, 0.5) is 0 Å². The van der Waals surface area contributed by atoms with Gasteiger partial charge in [-0.05, 0) is 59.9 Å². The van der Waals surface area contributed by atoms with Crippen molar-refractivity contribution in [3.05, 3.63) is 24.3 Å². The second-order valence-corrected chi connectivity index (χ2v) is 6.38. The van der Waals surface area contributed by atoms with Crippen molar-refractivity contribution < 1.29 is 0 Å². The first-order valence-corrected chi connectivity index (χ1v) is 8.39. The second-order valence-electron chi connectivity index (χ2n) is 6.38. The summed E-state index contributed by atoms with van der Waals surface area (Å²) in [5.74, 6) is 0. The molecule has 0 fully saturated rings. The van der Waals surface area contributed by atoms with E-state index in [-0.39, 0.29) is 0 Å². The highest BCUT2D eigenvalue weighted by Gasteiger charge is 2.08. The molecular weight excluding hydrogens is 244 g/mol. The zero-order valence-corrected chi connectivity index (χ0v) is 14.0. The Kier molecular flexibility index (Phi) is 8.88. The predicted molar refractivity (Wildman–Crippen MR) is 90.2 cm³/mol. The van der Waals surface area contributed by atoms with Gasteiger partial charge < -0.3 is 4.90 Å². The van der Waals surface area contributed by atoms with Gasteiger partial charge >= 0.3 is 0 Å². The molecule has 2 heterocycles. The Morgan fingerprint density at radius 2 is 1.20 bits per heavy atom. The monoisotopic (exact) mass is 278 g/mol. The molecule has 2 rings (SSSR count). The summed E-state index contributed by atoms with van der Waals surface area (Å²) >= 11 is 0. The van der Waals surface area contributed by atoms with Crippen molar-refractivity contribution in [3.8, 4) is 0 Å². The molecule has 0 amide bonds. The van der Waals surface area contributed by atoms with Crippen LogP contribution in [0.3, 0.4) is 0 Å². The lowest BCUT2D eigenvalue weighted by atomic mass is 10.3. The van der Waals surface area contributed by atoms with Gasteiger partial charge in [0.15, 0.2) is 0 Å². The molecule has 2 heteroatoms. The van der Waals surface area contributed by atoms with E-state index in [0.29, 0.717) is 6.04 Å². The van der Waals surface area contributed by atoms with Gasteiger partial charge in [0.1, 0.15) is 0 Å². The van der Waals surface area contributed by atoms with Gasteiger partial charge in [-0.25, -0.2) is 0 Å². The molecule has 20 heavy (non-hydrogen) atoms. The van der Waals surface area contributed by atoms with Crippen LogP contribution in [0.5, 0.6) is 0 Å². The van der Waals surface area contributed by atoms with E-state index in [1.807, 2.05) is 0 Å². The van der Waals surface area contributed by atoms with Crippen LogP contribution in [0.2, 0.25) is 0 Å². The lowest BCUT2D eigenvalue weighted by molar-refractivity contribution is 0.234. The van der Waals surface area contributed by atoms with E-state index in [4.69, 9.17) is 0 Å². The molecule has 116 valence electrons. The van der Waals surface area contributed by atoms with Crippen LogP contribution < -0.4 is 0 Å². The third-order valence-electron chi connectivity index (χ3n) is 4.12. The van der Waals surface area contributed by atoms with E-state index < -0.39 is 0 Å². The van der Waals surface area contributed by atoms with Crippen molar-refractivity contribution in [2.75, 3.05) is 26.2 Å². The third kappa shape index (κ3) is 7.25. The highest BCUT2D eigenvalue weighted by Crippen LogP contribution is 2.06. The maximum Gasteiger partial charge on any atom is 0.0165 e. The molecule has 0 radical (unpaired) electrons. The van der Waals surface area contributed by atoms with Crippen molar-refractivity contribution in [2.24, 2.45) is 0 Å². The Bertz CT molecular complexity index is 282. The van der Waals surface area contributed by atoms with Gasteiger partial charge in [-0.15, -0.1) is 0 Å². The van der Waals surface area contributed by atoms with Gasteiger partial charge in [0.25, 0.3) is 0 Å². The molecular formula is C18H34N2. The zero-order chi connectivity index (χ0) is 14.8. The Morgan fingerprint density at radius 1 is 0.650 bits per heavy atom. The Labute approximate surface area is 126 Å². The van der Waals surface area contributed by atoms with Gasteiger partial charge in [0.05, 0.1) is 0 Å². The predicted octanol–water partition coefficient (Wildman–Crippen LogP) is 4.09. The lowest BCUT2D eigenvalue weighted by Gasteiger charge is -2.23. The van der Waals surface area contributed by atoms with Gasteiger partial charge in [-0.3, -0.25) is 4.90 Å².